The fourth-order valence-corrected chi connectivity index (χ4v) is 3.64. The predicted octanol–water partition coefficient (Wildman–Crippen LogP) is 4.63. The lowest BCUT2D eigenvalue weighted by Crippen LogP contribution is -2.31. The molecule has 0 bridgehead atoms. The SMILES string of the molecule is Oc1c(F)cccc1C1(c2cccc(F)c2O)CCCCC1. The second kappa shape index (κ2) is 5.59. The van der Waals surface area contributed by atoms with Crippen LogP contribution in [0, 0.1) is 11.6 Å². The molecule has 116 valence electrons. The number of phenols is 2. The Kier molecular flexibility index (Phi) is 3.77. The Morgan fingerprint density at radius 2 is 1.18 bits per heavy atom. The van der Waals surface area contributed by atoms with Crippen LogP contribution in [0.4, 0.5) is 8.78 Å². The van der Waals surface area contributed by atoms with E-state index in [1.165, 1.54) is 24.3 Å². The minimum absolute atomic E-state index is 0.409. The van der Waals surface area contributed by atoms with Crippen molar-refractivity contribution in [3.05, 3.63) is 59.2 Å². The predicted molar refractivity (Wildman–Crippen MR) is 80.0 cm³/mol. The molecule has 0 spiro atoms. The van der Waals surface area contributed by atoms with E-state index in [-0.39, 0.29) is 0 Å². The molecule has 4 heteroatoms. The summed E-state index contributed by atoms with van der Waals surface area (Å²) in [6, 6.07) is 8.79. The average molecular weight is 304 g/mol. The van der Waals surface area contributed by atoms with Crippen molar-refractivity contribution < 1.29 is 19.0 Å². The highest BCUT2D eigenvalue weighted by molar-refractivity contribution is 5.52. The lowest BCUT2D eigenvalue weighted by Gasteiger charge is -2.39. The van der Waals surface area contributed by atoms with Gasteiger partial charge in [-0.2, -0.15) is 0 Å². The molecule has 0 heterocycles. The van der Waals surface area contributed by atoms with Gasteiger partial charge in [0.05, 0.1) is 0 Å². The molecule has 0 aromatic heterocycles. The van der Waals surface area contributed by atoms with Crippen molar-refractivity contribution in [1.29, 1.82) is 0 Å². The summed E-state index contributed by atoms with van der Waals surface area (Å²) in [6.45, 7) is 0. The van der Waals surface area contributed by atoms with E-state index in [0.29, 0.717) is 24.0 Å². The molecule has 2 aromatic rings. The summed E-state index contributed by atoms with van der Waals surface area (Å²) in [5.74, 6) is -2.21. The molecule has 2 N–H and O–H groups in total. The van der Waals surface area contributed by atoms with E-state index in [0.717, 1.165) is 19.3 Å². The molecule has 0 amide bonds. The van der Waals surface area contributed by atoms with Gasteiger partial charge in [0.2, 0.25) is 0 Å². The first-order valence-corrected chi connectivity index (χ1v) is 7.52. The molecular formula is C18H18F2O2. The summed E-state index contributed by atoms with van der Waals surface area (Å²) in [4.78, 5) is 0. The summed E-state index contributed by atoms with van der Waals surface area (Å²) in [7, 11) is 0. The standard InChI is InChI=1S/C18H18F2O2/c19-14-8-4-6-12(16(14)21)18(10-2-1-3-11-18)13-7-5-9-15(20)17(13)22/h4-9,21-22H,1-3,10-11H2. The minimum atomic E-state index is -0.753. The van der Waals surface area contributed by atoms with Crippen LogP contribution in [0.1, 0.15) is 43.2 Å². The van der Waals surface area contributed by atoms with Gasteiger partial charge in [-0.15, -0.1) is 0 Å². The Morgan fingerprint density at radius 1 is 0.727 bits per heavy atom. The highest BCUT2D eigenvalue weighted by Crippen LogP contribution is 2.50. The van der Waals surface area contributed by atoms with Crippen molar-refractivity contribution in [2.45, 2.75) is 37.5 Å². The number of hydrogen-bond acceptors (Lipinski definition) is 2. The number of aromatic hydroxyl groups is 2. The fraction of sp³-hybridized carbons (Fsp3) is 0.333. The number of rotatable bonds is 2. The third kappa shape index (κ3) is 2.23. The Hall–Kier alpha value is -2.10. The van der Waals surface area contributed by atoms with Gasteiger partial charge in [0.1, 0.15) is 0 Å². The van der Waals surface area contributed by atoms with Crippen LogP contribution in [0.2, 0.25) is 0 Å². The quantitative estimate of drug-likeness (QED) is 0.849. The summed E-state index contributed by atoms with van der Waals surface area (Å²) in [5.41, 5.74) is 0.0950. The van der Waals surface area contributed by atoms with Crippen LogP contribution in [0.3, 0.4) is 0 Å². The zero-order valence-corrected chi connectivity index (χ0v) is 12.1. The van der Waals surface area contributed by atoms with Gasteiger partial charge in [0, 0.05) is 16.5 Å². The molecule has 22 heavy (non-hydrogen) atoms. The highest BCUT2D eigenvalue weighted by atomic mass is 19.1. The molecule has 0 atom stereocenters. The van der Waals surface area contributed by atoms with Crippen LogP contribution in [0.15, 0.2) is 36.4 Å². The average Bonchev–Trinajstić information content (AvgIpc) is 2.53. The van der Waals surface area contributed by atoms with Gasteiger partial charge in [0.15, 0.2) is 23.1 Å². The van der Waals surface area contributed by atoms with Crippen molar-refractivity contribution in [3.8, 4) is 11.5 Å². The lowest BCUT2D eigenvalue weighted by molar-refractivity contribution is 0.312. The smallest absolute Gasteiger partial charge is 0.165 e. The molecule has 0 unspecified atom stereocenters. The van der Waals surface area contributed by atoms with Gasteiger partial charge in [-0.25, -0.2) is 8.78 Å². The third-order valence-corrected chi connectivity index (χ3v) is 4.71. The van der Waals surface area contributed by atoms with E-state index in [1.807, 2.05) is 0 Å². The van der Waals surface area contributed by atoms with Crippen molar-refractivity contribution in [3.63, 3.8) is 0 Å². The Morgan fingerprint density at radius 3 is 1.64 bits per heavy atom. The van der Waals surface area contributed by atoms with Gasteiger partial charge in [0.25, 0.3) is 0 Å². The van der Waals surface area contributed by atoms with Crippen molar-refractivity contribution in [2.24, 2.45) is 0 Å². The van der Waals surface area contributed by atoms with Crippen LogP contribution in [0.25, 0.3) is 0 Å². The molecule has 2 nitrogen and oxygen atoms in total. The maximum absolute atomic E-state index is 13.8. The lowest BCUT2D eigenvalue weighted by atomic mass is 9.64. The molecule has 0 aliphatic heterocycles. The second-order valence-electron chi connectivity index (χ2n) is 5.91. The number of phenolic OH excluding ortho intramolecular Hbond substituents is 2. The minimum Gasteiger partial charge on any atom is -0.505 e. The molecule has 1 saturated carbocycles. The normalized spacial score (nSPS) is 17.4. The monoisotopic (exact) mass is 304 g/mol. The zero-order chi connectivity index (χ0) is 15.7. The van der Waals surface area contributed by atoms with E-state index in [4.69, 9.17) is 0 Å². The Bertz CT molecular complexity index is 638. The number of benzene rings is 2. The molecule has 3 rings (SSSR count). The van der Waals surface area contributed by atoms with Gasteiger partial charge < -0.3 is 10.2 Å². The first-order valence-electron chi connectivity index (χ1n) is 7.52. The third-order valence-electron chi connectivity index (χ3n) is 4.71. The molecule has 1 aliphatic rings. The number of halogens is 2. The van der Waals surface area contributed by atoms with Crippen molar-refractivity contribution in [2.75, 3.05) is 0 Å². The van der Waals surface area contributed by atoms with E-state index >= 15 is 0 Å². The van der Waals surface area contributed by atoms with Gasteiger partial charge in [-0.05, 0) is 25.0 Å². The van der Waals surface area contributed by atoms with E-state index < -0.39 is 28.5 Å². The number of para-hydroxylation sites is 2. The summed E-state index contributed by atoms with van der Waals surface area (Å²) < 4.78 is 27.6. The number of hydrogen-bond donors (Lipinski definition) is 2. The van der Waals surface area contributed by atoms with E-state index in [2.05, 4.69) is 0 Å². The van der Waals surface area contributed by atoms with E-state index in [9.17, 15) is 19.0 Å². The maximum Gasteiger partial charge on any atom is 0.165 e. The zero-order valence-electron chi connectivity index (χ0n) is 12.1. The molecule has 1 fully saturated rings. The maximum atomic E-state index is 13.8. The van der Waals surface area contributed by atoms with E-state index in [1.54, 1.807) is 12.1 Å². The van der Waals surface area contributed by atoms with Crippen LogP contribution in [-0.2, 0) is 5.41 Å². The van der Waals surface area contributed by atoms with Crippen LogP contribution in [-0.4, -0.2) is 10.2 Å². The van der Waals surface area contributed by atoms with Crippen LogP contribution >= 0.6 is 0 Å². The van der Waals surface area contributed by atoms with Crippen molar-refractivity contribution in [1.82, 2.24) is 0 Å². The van der Waals surface area contributed by atoms with Gasteiger partial charge in [-0.3, -0.25) is 0 Å². The van der Waals surface area contributed by atoms with Gasteiger partial charge >= 0.3 is 0 Å². The first-order chi connectivity index (χ1) is 10.6. The largest absolute Gasteiger partial charge is 0.505 e. The second-order valence-corrected chi connectivity index (χ2v) is 5.91. The topological polar surface area (TPSA) is 40.5 Å². The summed E-state index contributed by atoms with van der Waals surface area (Å²) in [5, 5.41) is 20.4. The molecule has 2 aromatic carbocycles. The summed E-state index contributed by atoms with van der Waals surface area (Å²) >= 11 is 0. The Balaban J connectivity index is 2.25. The van der Waals surface area contributed by atoms with Crippen molar-refractivity contribution >= 4 is 0 Å². The molecule has 0 radical (unpaired) electrons. The molecular weight excluding hydrogens is 286 g/mol. The van der Waals surface area contributed by atoms with Crippen LogP contribution < -0.4 is 0 Å². The van der Waals surface area contributed by atoms with Crippen LogP contribution in [0.5, 0.6) is 11.5 Å². The first kappa shape index (κ1) is 14.8. The molecule has 1 aliphatic carbocycles. The molecule has 0 saturated heterocycles. The van der Waals surface area contributed by atoms with Gasteiger partial charge in [-0.1, -0.05) is 43.5 Å². The highest BCUT2D eigenvalue weighted by Gasteiger charge is 2.40. The Labute approximate surface area is 128 Å². The fourth-order valence-electron chi connectivity index (χ4n) is 3.64. The summed E-state index contributed by atoms with van der Waals surface area (Å²) in [6.07, 6.45) is 4.08.